The average Bonchev–Trinajstić information content (AvgIpc) is 3.13. The van der Waals surface area contributed by atoms with E-state index in [0.717, 1.165) is 70.9 Å². The SMILES string of the molecule is CC.CCCCCCCCCC(CCCCCCCCC(=O)OCC(CCCC)CCCCCC)OC(=O)C(C)(C)C(C)(C)C1(O)CCN(C)CC1. The molecule has 310 valence electrons. The minimum atomic E-state index is -0.891. The quantitative estimate of drug-likeness (QED) is 0.0564. The lowest BCUT2D eigenvalue weighted by atomic mass is 9.56. The zero-order valence-electron chi connectivity index (χ0n) is 36.7. The van der Waals surface area contributed by atoms with Gasteiger partial charge in [-0.15, -0.1) is 0 Å². The number of hydrogen-bond acceptors (Lipinski definition) is 6. The van der Waals surface area contributed by atoms with Crippen molar-refractivity contribution in [3.8, 4) is 0 Å². The maximum Gasteiger partial charge on any atom is 0.312 e. The topological polar surface area (TPSA) is 76.1 Å². The second-order valence-electron chi connectivity index (χ2n) is 17.2. The molecule has 2 unspecified atom stereocenters. The fraction of sp³-hybridized carbons (Fsp3) is 0.957. The molecule has 0 aromatic heterocycles. The summed E-state index contributed by atoms with van der Waals surface area (Å²) in [6, 6.07) is 0. The van der Waals surface area contributed by atoms with Crippen molar-refractivity contribution < 1.29 is 24.2 Å². The predicted octanol–water partition coefficient (Wildman–Crippen LogP) is 13.0. The van der Waals surface area contributed by atoms with E-state index in [1.165, 1.54) is 89.9 Å². The fourth-order valence-electron chi connectivity index (χ4n) is 7.64. The first-order valence-electron chi connectivity index (χ1n) is 22.6. The summed E-state index contributed by atoms with van der Waals surface area (Å²) < 4.78 is 12.1. The van der Waals surface area contributed by atoms with Crippen molar-refractivity contribution in [2.75, 3.05) is 26.7 Å². The Morgan fingerprint density at radius 1 is 0.654 bits per heavy atom. The van der Waals surface area contributed by atoms with E-state index in [0.29, 0.717) is 31.8 Å². The molecular formula is C46H91NO5. The van der Waals surface area contributed by atoms with Gasteiger partial charge in [0.05, 0.1) is 17.6 Å². The summed E-state index contributed by atoms with van der Waals surface area (Å²) in [6.45, 7) is 21.1. The number of nitrogens with zero attached hydrogens (tertiary/aromatic N) is 1. The molecule has 1 N–H and O–H groups in total. The van der Waals surface area contributed by atoms with Crippen LogP contribution in [0.5, 0.6) is 0 Å². The molecule has 0 aromatic rings. The highest BCUT2D eigenvalue weighted by atomic mass is 16.5. The molecule has 1 heterocycles. The molecular weight excluding hydrogens is 647 g/mol. The van der Waals surface area contributed by atoms with Gasteiger partial charge in [-0.25, -0.2) is 0 Å². The number of esters is 2. The monoisotopic (exact) mass is 738 g/mol. The van der Waals surface area contributed by atoms with E-state index in [1.54, 1.807) is 0 Å². The third-order valence-electron chi connectivity index (χ3n) is 12.5. The third-order valence-corrected chi connectivity index (χ3v) is 12.5. The van der Waals surface area contributed by atoms with Gasteiger partial charge in [0, 0.05) is 24.9 Å². The van der Waals surface area contributed by atoms with Crippen LogP contribution in [0.2, 0.25) is 0 Å². The molecule has 0 aliphatic carbocycles. The van der Waals surface area contributed by atoms with E-state index in [-0.39, 0.29) is 18.0 Å². The molecule has 1 aliphatic heterocycles. The molecule has 2 atom stereocenters. The normalized spacial score (nSPS) is 16.1. The van der Waals surface area contributed by atoms with E-state index in [9.17, 15) is 14.7 Å². The van der Waals surface area contributed by atoms with Gasteiger partial charge in [-0.2, -0.15) is 0 Å². The summed E-state index contributed by atoms with van der Waals surface area (Å²) in [5.74, 6) is 0.333. The third kappa shape index (κ3) is 20.5. The zero-order valence-corrected chi connectivity index (χ0v) is 36.7. The lowest BCUT2D eigenvalue weighted by Crippen LogP contribution is -2.59. The Hall–Kier alpha value is -1.14. The van der Waals surface area contributed by atoms with Crippen LogP contribution in [0.3, 0.4) is 0 Å². The van der Waals surface area contributed by atoms with Gasteiger partial charge in [0.15, 0.2) is 0 Å². The summed E-state index contributed by atoms with van der Waals surface area (Å²) in [5.41, 5.74) is -2.31. The standard InChI is InChI=1S/C44H85NO5.C2H6/c1-9-12-15-17-18-21-25-30-39(50-41(47)42(4,5)43(6,7)44(48)33-35-45(8)36-34-44)31-26-22-19-20-23-27-32-40(46)49-37-38(28-14-11-3)29-24-16-13-10-2;1-2/h38-39,48H,9-37H2,1-8H3;1-2H3. The Morgan fingerprint density at radius 3 is 1.60 bits per heavy atom. The molecule has 1 fully saturated rings. The van der Waals surface area contributed by atoms with Crippen LogP contribution in [-0.4, -0.2) is 60.4 Å². The van der Waals surface area contributed by atoms with Gasteiger partial charge in [0.1, 0.15) is 6.10 Å². The highest BCUT2D eigenvalue weighted by molar-refractivity contribution is 5.77. The van der Waals surface area contributed by atoms with E-state index in [2.05, 4.69) is 46.6 Å². The highest BCUT2D eigenvalue weighted by Crippen LogP contribution is 2.51. The van der Waals surface area contributed by atoms with Gasteiger partial charge in [-0.05, 0) is 84.6 Å². The minimum absolute atomic E-state index is 0.0240. The first-order chi connectivity index (χ1) is 24.8. The number of piperidine rings is 1. The van der Waals surface area contributed by atoms with Crippen molar-refractivity contribution in [1.29, 1.82) is 0 Å². The van der Waals surface area contributed by atoms with E-state index in [1.807, 2.05) is 27.7 Å². The van der Waals surface area contributed by atoms with Crippen LogP contribution in [-0.2, 0) is 19.1 Å². The molecule has 1 aliphatic rings. The van der Waals surface area contributed by atoms with Crippen molar-refractivity contribution in [1.82, 2.24) is 4.90 Å². The number of likely N-dealkylation sites (tertiary alicyclic amines) is 1. The van der Waals surface area contributed by atoms with Crippen molar-refractivity contribution in [3.05, 3.63) is 0 Å². The fourth-order valence-corrected chi connectivity index (χ4v) is 7.64. The molecule has 0 bridgehead atoms. The van der Waals surface area contributed by atoms with Gasteiger partial charge in [0.25, 0.3) is 0 Å². The molecule has 1 saturated heterocycles. The van der Waals surface area contributed by atoms with Gasteiger partial charge >= 0.3 is 11.9 Å². The van der Waals surface area contributed by atoms with Crippen LogP contribution in [0.25, 0.3) is 0 Å². The Kier molecular flexibility index (Phi) is 29.5. The Morgan fingerprint density at radius 2 is 1.08 bits per heavy atom. The molecule has 0 saturated carbocycles. The summed E-state index contributed by atoms with van der Waals surface area (Å²) in [7, 11) is 2.10. The summed E-state index contributed by atoms with van der Waals surface area (Å²) >= 11 is 0. The minimum Gasteiger partial charge on any atom is -0.465 e. The number of rotatable bonds is 31. The number of hydrogen-bond donors (Lipinski definition) is 1. The second-order valence-corrected chi connectivity index (χ2v) is 17.2. The number of carbonyl (C=O) groups is 2. The molecule has 6 heteroatoms. The molecule has 52 heavy (non-hydrogen) atoms. The van der Waals surface area contributed by atoms with Crippen molar-refractivity contribution in [3.63, 3.8) is 0 Å². The largest absolute Gasteiger partial charge is 0.465 e. The number of unbranched alkanes of at least 4 members (excludes halogenated alkanes) is 15. The van der Waals surface area contributed by atoms with Gasteiger partial charge in [-0.1, -0.05) is 151 Å². The van der Waals surface area contributed by atoms with Crippen molar-refractivity contribution in [2.24, 2.45) is 16.7 Å². The Bertz CT molecular complexity index is 863. The first-order valence-corrected chi connectivity index (χ1v) is 22.6. The van der Waals surface area contributed by atoms with Crippen LogP contribution in [0.1, 0.15) is 229 Å². The number of aliphatic hydroxyl groups is 1. The van der Waals surface area contributed by atoms with E-state index in [4.69, 9.17) is 9.47 Å². The summed E-state index contributed by atoms with van der Waals surface area (Å²) in [5, 5.41) is 11.8. The molecule has 0 radical (unpaired) electrons. The van der Waals surface area contributed by atoms with Crippen molar-refractivity contribution in [2.45, 2.75) is 241 Å². The van der Waals surface area contributed by atoms with Gasteiger partial charge in [-0.3, -0.25) is 9.59 Å². The lowest BCUT2D eigenvalue weighted by Gasteiger charge is -2.53. The van der Waals surface area contributed by atoms with Crippen LogP contribution in [0.4, 0.5) is 0 Å². The second kappa shape index (κ2) is 30.1. The predicted molar refractivity (Wildman–Crippen MR) is 223 cm³/mol. The lowest BCUT2D eigenvalue weighted by molar-refractivity contribution is -0.192. The summed E-state index contributed by atoms with van der Waals surface area (Å²) in [6.07, 6.45) is 28.7. The first kappa shape index (κ1) is 50.9. The summed E-state index contributed by atoms with van der Waals surface area (Å²) in [4.78, 5) is 28.6. The van der Waals surface area contributed by atoms with Crippen molar-refractivity contribution >= 4 is 11.9 Å². The maximum absolute atomic E-state index is 13.9. The van der Waals surface area contributed by atoms with E-state index < -0.39 is 16.4 Å². The van der Waals surface area contributed by atoms with Crippen LogP contribution in [0, 0.1) is 16.7 Å². The Labute approximate surface area is 324 Å². The van der Waals surface area contributed by atoms with Crippen LogP contribution >= 0.6 is 0 Å². The average molecular weight is 738 g/mol. The smallest absolute Gasteiger partial charge is 0.312 e. The molecule has 0 amide bonds. The Balaban J connectivity index is 0.0000128. The molecule has 0 spiro atoms. The van der Waals surface area contributed by atoms with Gasteiger partial charge in [0.2, 0.25) is 0 Å². The highest BCUT2D eigenvalue weighted by Gasteiger charge is 2.57. The molecule has 0 aromatic carbocycles. The number of carbonyl (C=O) groups excluding carboxylic acids is 2. The van der Waals surface area contributed by atoms with Crippen LogP contribution < -0.4 is 0 Å². The van der Waals surface area contributed by atoms with E-state index >= 15 is 0 Å². The zero-order chi connectivity index (χ0) is 39.3. The number of ether oxygens (including phenoxy) is 2. The van der Waals surface area contributed by atoms with Gasteiger partial charge < -0.3 is 19.5 Å². The molecule has 1 rings (SSSR count). The maximum atomic E-state index is 13.9. The molecule has 6 nitrogen and oxygen atoms in total. The van der Waals surface area contributed by atoms with Crippen LogP contribution in [0.15, 0.2) is 0 Å².